The lowest BCUT2D eigenvalue weighted by Gasteiger charge is -2.24. The van der Waals surface area contributed by atoms with Crippen LogP contribution in [0.3, 0.4) is 0 Å². The average Bonchev–Trinajstić information content (AvgIpc) is 2.71. The van der Waals surface area contributed by atoms with Crippen LogP contribution < -0.4 is 5.32 Å². The van der Waals surface area contributed by atoms with Crippen molar-refractivity contribution in [3.63, 3.8) is 0 Å². The van der Waals surface area contributed by atoms with Crippen molar-refractivity contribution in [2.45, 2.75) is 156 Å². The standard InChI is InChI=1S/C27H53NO2/c1-6-8-10-12-14-16-18-20-22-26(28-25(5)30-27(29)24(3)4)23-21-19-17-15-13-11-9-7-2/h25-26,28H,3,6-23H2,1-2,4-5H3. The highest BCUT2D eigenvalue weighted by atomic mass is 16.6. The van der Waals surface area contributed by atoms with Crippen molar-refractivity contribution in [2.75, 3.05) is 0 Å². The maximum Gasteiger partial charge on any atom is 0.334 e. The Kier molecular flexibility index (Phi) is 20.8. The highest BCUT2D eigenvalue weighted by Gasteiger charge is 2.15. The Labute approximate surface area is 188 Å². The molecule has 0 saturated carbocycles. The minimum absolute atomic E-state index is 0.248. The predicted molar refractivity (Wildman–Crippen MR) is 132 cm³/mol. The van der Waals surface area contributed by atoms with E-state index >= 15 is 0 Å². The lowest BCUT2D eigenvalue weighted by Crippen LogP contribution is -2.39. The fourth-order valence-electron chi connectivity index (χ4n) is 3.99. The summed E-state index contributed by atoms with van der Waals surface area (Å²) >= 11 is 0. The van der Waals surface area contributed by atoms with E-state index in [1.54, 1.807) is 6.92 Å². The topological polar surface area (TPSA) is 38.3 Å². The van der Waals surface area contributed by atoms with Gasteiger partial charge >= 0.3 is 5.97 Å². The zero-order valence-corrected chi connectivity index (χ0v) is 20.9. The number of carbonyl (C=O) groups excluding carboxylic acids is 1. The maximum atomic E-state index is 11.8. The van der Waals surface area contributed by atoms with E-state index in [0.29, 0.717) is 11.6 Å². The van der Waals surface area contributed by atoms with Crippen LogP contribution in [0, 0.1) is 0 Å². The maximum absolute atomic E-state index is 11.8. The number of hydrogen-bond donors (Lipinski definition) is 1. The van der Waals surface area contributed by atoms with Gasteiger partial charge in [0.15, 0.2) is 6.23 Å². The predicted octanol–water partition coefficient (Wildman–Crippen LogP) is 8.47. The van der Waals surface area contributed by atoms with Crippen molar-refractivity contribution in [3.8, 4) is 0 Å². The summed E-state index contributed by atoms with van der Waals surface area (Å²) < 4.78 is 5.46. The molecule has 0 saturated heterocycles. The first-order chi connectivity index (χ1) is 14.5. The molecule has 0 aromatic carbocycles. The molecule has 0 aliphatic heterocycles. The normalized spacial score (nSPS) is 12.3. The van der Waals surface area contributed by atoms with Gasteiger partial charge in [-0.2, -0.15) is 0 Å². The molecule has 0 rings (SSSR count). The van der Waals surface area contributed by atoms with Gasteiger partial charge in [0.05, 0.1) is 0 Å². The smallest absolute Gasteiger partial charge is 0.334 e. The van der Waals surface area contributed by atoms with Gasteiger partial charge in [0.25, 0.3) is 0 Å². The Hall–Kier alpha value is -0.830. The molecule has 0 radical (unpaired) electrons. The molecule has 0 amide bonds. The van der Waals surface area contributed by atoms with Crippen LogP contribution in [0.2, 0.25) is 0 Å². The van der Waals surface area contributed by atoms with Crippen LogP contribution in [0.5, 0.6) is 0 Å². The first kappa shape index (κ1) is 29.2. The molecule has 30 heavy (non-hydrogen) atoms. The Morgan fingerprint density at radius 2 is 1.10 bits per heavy atom. The van der Waals surface area contributed by atoms with Gasteiger partial charge in [-0.15, -0.1) is 0 Å². The summed E-state index contributed by atoms with van der Waals surface area (Å²) in [6, 6.07) is 0.443. The minimum atomic E-state index is -0.298. The van der Waals surface area contributed by atoms with Gasteiger partial charge in [-0.1, -0.05) is 123 Å². The number of hydrogen-bond acceptors (Lipinski definition) is 3. The molecule has 0 aliphatic carbocycles. The minimum Gasteiger partial charge on any atom is -0.444 e. The van der Waals surface area contributed by atoms with E-state index < -0.39 is 0 Å². The van der Waals surface area contributed by atoms with Gasteiger partial charge < -0.3 is 4.74 Å². The lowest BCUT2D eigenvalue weighted by molar-refractivity contribution is -0.145. The molecule has 178 valence electrons. The van der Waals surface area contributed by atoms with E-state index in [0.717, 1.165) is 0 Å². The van der Waals surface area contributed by atoms with Gasteiger partial charge in [-0.05, 0) is 26.7 Å². The van der Waals surface area contributed by atoms with E-state index in [1.807, 2.05) is 6.92 Å². The van der Waals surface area contributed by atoms with Crippen LogP contribution in [-0.2, 0) is 9.53 Å². The first-order valence-corrected chi connectivity index (χ1v) is 13.1. The first-order valence-electron chi connectivity index (χ1n) is 13.1. The third kappa shape index (κ3) is 19.2. The molecule has 0 fully saturated rings. The lowest BCUT2D eigenvalue weighted by atomic mass is 9.99. The molecule has 1 unspecified atom stereocenters. The van der Waals surface area contributed by atoms with Crippen molar-refractivity contribution < 1.29 is 9.53 Å². The van der Waals surface area contributed by atoms with Gasteiger partial charge in [0, 0.05) is 11.6 Å². The fourth-order valence-corrected chi connectivity index (χ4v) is 3.99. The quantitative estimate of drug-likeness (QED) is 0.0821. The van der Waals surface area contributed by atoms with Gasteiger partial charge in [-0.3, -0.25) is 5.32 Å². The highest BCUT2D eigenvalue weighted by molar-refractivity contribution is 5.87. The summed E-state index contributed by atoms with van der Waals surface area (Å²) in [6.07, 6.45) is 23.7. The molecule has 0 aliphatic rings. The van der Waals surface area contributed by atoms with Gasteiger partial charge in [0.2, 0.25) is 0 Å². The SMILES string of the molecule is C=C(C)C(=O)OC(C)NC(CCCCCCCCCC)CCCCCCCCCC. The van der Waals surface area contributed by atoms with Crippen LogP contribution >= 0.6 is 0 Å². The summed E-state index contributed by atoms with van der Waals surface area (Å²) in [5.74, 6) is -0.298. The second-order valence-electron chi connectivity index (χ2n) is 9.22. The molecular weight excluding hydrogens is 370 g/mol. The average molecular weight is 424 g/mol. The molecule has 0 bridgehead atoms. The molecule has 3 heteroatoms. The van der Waals surface area contributed by atoms with Crippen molar-refractivity contribution in [3.05, 3.63) is 12.2 Å². The van der Waals surface area contributed by atoms with Crippen LogP contribution in [0.1, 0.15) is 143 Å². The number of esters is 1. The van der Waals surface area contributed by atoms with E-state index in [2.05, 4.69) is 25.7 Å². The molecule has 1 atom stereocenters. The van der Waals surface area contributed by atoms with Crippen LogP contribution in [0.15, 0.2) is 12.2 Å². The monoisotopic (exact) mass is 423 g/mol. The Balaban J connectivity index is 4.12. The van der Waals surface area contributed by atoms with Crippen LogP contribution in [0.25, 0.3) is 0 Å². The van der Waals surface area contributed by atoms with Crippen LogP contribution in [-0.4, -0.2) is 18.2 Å². The molecular formula is C27H53NO2. The van der Waals surface area contributed by atoms with Crippen molar-refractivity contribution in [2.24, 2.45) is 0 Å². The molecule has 1 N–H and O–H groups in total. The van der Waals surface area contributed by atoms with E-state index in [9.17, 15) is 4.79 Å². The summed E-state index contributed by atoms with van der Waals surface area (Å²) in [7, 11) is 0. The van der Waals surface area contributed by atoms with Crippen molar-refractivity contribution in [1.82, 2.24) is 5.32 Å². The van der Waals surface area contributed by atoms with Crippen LogP contribution in [0.4, 0.5) is 0 Å². The zero-order chi connectivity index (χ0) is 22.5. The number of unbranched alkanes of at least 4 members (excludes halogenated alkanes) is 14. The molecule has 3 nitrogen and oxygen atoms in total. The van der Waals surface area contributed by atoms with Crippen molar-refractivity contribution >= 4 is 5.97 Å². The third-order valence-electron chi connectivity index (χ3n) is 5.91. The second-order valence-corrected chi connectivity index (χ2v) is 9.22. The van der Waals surface area contributed by atoms with Gasteiger partial charge in [0.1, 0.15) is 0 Å². The Bertz CT molecular complexity index is 388. The summed E-state index contributed by atoms with van der Waals surface area (Å²) in [4.78, 5) is 11.8. The van der Waals surface area contributed by atoms with E-state index in [1.165, 1.54) is 116 Å². The molecule has 0 heterocycles. The molecule has 0 aromatic rings. The molecule has 0 aromatic heterocycles. The number of ether oxygens (including phenoxy) is 1. The summed E-state index contributed by atoms with van der Waals surface area (Å²) in [5, 5.41) is 3.56. The Morgan fingerprint density at radius 1 is 0.733 bits per heavy atom. The zero-order valence-electron chi connectivity index (χ0n) is 20.9. The number of carbonyl (C=O) groups is 1. The molecule has 0 spiro atoms. The second kappa shape index (κ2) is 21.4. The van der Waals surface area contributed by atoms with E-state index in [-0.39, 0.29) is 12.2 Å². The largest absolute Gasteiger partial charge is 0.444 e. The fraction of sp³-hybridized carbons (Fsp3) is 0.889. The Morgan fingerprint density at radius 3 is 1.47 bits per heavy atom. The van der Waals surface area contributed by atoms with Crippen molar-refractivity contribution in [1.29, 1.82) is 0 Å². The highest BCUT2D eigenvalue weighted by Crippen LogP contribution is 2.16. The van der Waals surface area contributed by atoms with Gasteiger partial charge in [-0.25, -0.2) is 4.79 Å². The third-order valence-corrected chi connectivity index (χ3v) is 5.91. The number of rotatable bonds is 22. The van der Waals surface area contributed by atoms with E-state index in [4.69, 9.17) is 4.74 Å². The summed E-state index contributed by atoms with van der Waals surface area (Å²) in [5.41, 5.74) is 0.464. The number of nitrogens with one attached hydrogen (secondary N) is 1. The summed E-state index contributed by atoms with van der Waals surface area (Å²) in [6.45, 7) is 11.9.